The van der Waals surface area contributed by atoms with Crippen LogP contribution in [-0.4, -0.2) is 71.1 Å². The lowest BCUT2D eigenvalue weighted by Gasteiger charge is -2.29. The molecule has 38 heavy (non-hydrogen) atoms. The summed E-state index contributed by atoms with van der Waals surface area (Å²) < 4.78 is 76.5. The second-order valence-electron chi connectivity index (χ2n) is 9.11. The van der Waals surface area contributed by atoms with Crippen LogP contribution in [0.15, 0.2) is 57.3 Å². The minimum Gasteiger partial charge on any atom is -0.494 e. The summed E-state index contributed by atoms with van der Waals surface area (Å²) in [6.45, 7) is 10.0. The number of likely N-dealkylation sites (N-methyl/N-ethyl adjacent to an activating group) is 1. The summed E-state index contributed by atoms with van der Waals surface area (Å²) in [4.78, 5) is 8.04. The third-order valence-corrected chi connectivity index (χ3v) is 8.19. The van der Waals surface area contributed by atoms with E-state index in [1.165, 1.54) is 31.2 Å². The Morgan fingerprint density at radius 2 is 1.74 bits per heavy atom. The van der Waals surface area contributed by atoms with Crippen LogP contribution in [-0.2, 0) is 9.84 Å². The first-order chi connectivity index (χ1) is 18.0. The van der Waals surface area contributed by atoms with E-state index < -0.39 is 21.9 Å². The lowest BCUT2D eigenvalue weighted by atomic mass is 10.1. The molecule has 7 nitrogen and oxygen atoms in total. The second-order valence-corrected chi connectivity index (χ2v) is 11.2. The van der Waals surface area contributed by atoms with E-state index in [1.807, 2.05) is 18.9 Å². The van der Waals surface area contributed by atoms with Crippen molar-refractivity contribution in [2.24, 2.45) is 4.99 Å². The number of nitrogens with zero attached hydrogens (tertiary/aromatic N) is 3. The van der Waals surface area contributed by atoms with Gasteiger partial charge in [-0.3, -0.25) is 4.99 Å². The van der Waals surface area contributed by atoms with Gasteiger partial charge in [-0.2, -0.15) is 0 Å². The normalized spacial score (nSPS) is 16.0. The predicted molar refractivity (Wildman–Crippen MR) is 143 cm³/mol. The van der Waals surface area contributed by atoms with E-state index >= 15 is 0 Å². The summed E-state index contributed by atoms with van der Waals surface area (Å²) in [6, 6.07) is 9.81. The third kappa shape index (κ3) is 7.50. The van der Waals surface area contributed by atoms with Gasteiger partial charge in [-0.15, -0.1) is 13.2 Å². The number of halogens is 3. The molecule has 1 aliphatic rings. The molecule has 0 atom stereocenters. The standard InChI is InChI=1S/C27H34F3N3O4S/c1-5-6-18-36-21-8-11-23(12-9-21)38(34,35)20(2)26(33-15-7-14-32(4)16-17-33)24-19-22(37-27(28,29)30)10-13-25(24)31-3/h8-13,19H,3,5-7,14-18H2,1-2,4H3/b26-20-. The fourth-order valence-electron chi connectivity index (χ4n) is 4.25. The van der Waals surface area contributed by atoms with Crippen LogP contribution in [0.5, 0.6) is 11.5 Å². The zero-order chi connectivity index (χ0) is 27.9. The van der Waals surface area contributed by atoms with Crippen molar-refractivity contribution in [2.45, 2.75) is 44.4 Å². The molecule has 1 fully saturated rings. The summed E-state index contributed by atoms with van der Waals surface area (Å²) in [5.74, 6) is 0.0908. The summed E-state index contributed by atoms with van der Waals surface area (Å²) in [5, 5.41) is 0. The van der Waals surface area contributed by atoms with Crippen LogP contribution >= 0.6 is 0 Å². The first kappa shape index (κ1) is 29.5. The van der Waals surface area contributed by atoms with E-state index in [-0.39, 0.29) is 26.7 Å². The summed E-state index contributed by atoms with van der Waals surface area (Å²) in [5.41, 5.74) is 0.729. The molecule has 0 spiro atoms. The van der Waals surface area contributed by atoms with Crippen LogP contribution < -0.4 is 9.47 Å². The highest BCUT2D eigenvalue weighted by molar-refractivity contribution is 7.95. The molecule has 2 aromatic rings. The zero-order valence-corrected chi connectivity index (χ0v) is 22.7. The Morgan fingerprint density at radius 1 is 1.05 bits per heavy atom. The fourth-order valence-corrected chi connectivity index (χ4v) is 5.59. The van der Waals surface area contributed by atoms with Gasteiger partial charge >= 0.3 is 6.36 Å². The highest BCUT2D eigenvalue weighted by Gasteiger charge is 2.32. The molecule has 0 unspecified atom stereocenters. The van der Waals surface area contributed by atoms with Crippen molar-refractivity contribution in [2.75, 3.05) is 39.8 Å². The maximum absolute atomic E-state index is 13.8. The van der Waals surface area contributed by atoms with Gasteiger partial charge in [-0.25, -0.2) is 8.42 Å². The van der Waals surface area contributed by atoms with Gasteiger partial charge in [-0.05, 0) is 82.5 Å². The number of sulfone groups is 1. The number of ether oxygens (including phenoxy) is 2. The SMILES string of the molecule is C=Nc1ccc(OC(F)(F)F)cc1/C(=C(\C)S(=O)(=O)c1ccc(OCCCC)cc1)N1CCCN(C)CC1. The van der Waals surface area contributed by atoms with Crippen LogP contribution in [0.1, 0.15) is 38.7 Å². The van der Waals surface area contributed by atoms with E-state index in [0.29, 0.717) is 32.0 Å². The molecule has 208 valence electrons. The van der Waals surface area contributed by atoms with E-state index in [9.17, 15) is 21.6 Å². The molecule has 1 saturated heterocycles. The molecular formula is C27H34F3N3O4S. The molecule has 0 bridgehead atoms. The number of rotatable bonds is 10. The van der Waals surface area contributed by atoms with Crippen molar-refractivity contribution in [1.29, 1.82) is 0 Å². The van der Waals surface area contributed by atoms with Gasteiger partial charge in [0, 0.05) is 25.2 Å². The van der Waals surface area contributed by atoms with E-state index in [4.69, 9.17) is 4.74 Å². The van der Waals surface area contributed by atoms with Crippen LogP contribution in [0.3, 0.4) is 0 Å². The van der Waals surface area contributed by atoms with Crippen molar-refractivity contribution in [3.05, 3.63) is 52.9 Å². The predicted octanol–water partition coefficient (Wildman–Crippen LogP) is 5.90. The first-order valence-electron chi connectivity index (χ1n) is 12.5. The smallest absolute Gasteiger partial charge is 0.494 e. The van der Waals surface area contributed by atoms with Gasteiger partial charge in [-0.1, -0.05) is 13.3 Å². The fraction of sp³-hybridized carbons (Fsp3) is 0.444. The van der Waals surface area contributed by atoms with Crippen molar-refractivity contribution in [3.63, 3.8) is 0 Å². The minimum absolute atomic E-state index is 0.00392. The molecule has 0 radical (unpaired) electrons. The average Bonchev–Trinajstić information content (AvgIpc) is 3.08. The Labute approximate surface area is 222 Å². The summed E-state index contributed by atoms with van der Waals surface area (Å²) >= 11 is 0. The Balaban J connectivity index is 2.14. The van der Waals surface area contributed by atoms with Crippen LogP contribution in [0, 0.1) is 0 Å². The van der Waals surface area contributed by atoms with Crippen LogP contribution in [0.4, 0.5) is 18.9 Å². The third-order valence-electron chi connectivity index (χ3n) is 6.30. The van der Waals surface area contributed by atoms with Crippen LogP contribution in [0.25, 0.3) is 5.70 Å². The van der Waals surface area contributed by atoms with Crippen molar-refractivity contribution < 1.29 is 31.1 Å². The number of hydrogen-bond donors (Lipinski definition) is 0. The van der Waals surface area contributed by atoms with Gasteiger partial charge in [0.25, 0.3) is 0 Å². The first-order valence-corrected chi connectivity index (χ1v) is 13.9. The Hall–Kier alpha value is -3.05. The van der Waals surface area contributed by atoms with Gasteiger partial charge in [0.2, 0.25) is 9.84 Å². The van der Waals surface area contributed by atoms with E-state index in [0.717, 1.165) is 31.9 Å². The van der Waals surface area contributed by atoms with Gasteiger partial charge in [0.05, 0.1) is 27.8 Å². The molecule has 11 heteroatoms. The van der Waals surface area contributed by atoms with Crippen molar-refractivity contribution in [3.8, 4) is 11.5 Å². The lowest BCUT2D eigenvalue weighted by Crippen LogP contribution is -2.29. The maximum Gasteiger partial charge on any atom is 0.573 e. The molecule has 2 aromatic carbocycles. The zero-order valence-electron chi connectivity index (χ0n) is 21.9. The van der Waals surface area contributed by atoms with E-state index in [2.05, 4.69) is 21.3 Å². The molecule has 1 heterocycles. The summed E-state index contributed by atoms with van der Waals surface area (Å²) in [7, 11) is -2.06. The monoisotopic (exact) mass is 553 g/mol. The molecule has 3 rings (SSSR count). The lowest BCUT2D eigenvalue weighted by molar-refractivity contribution is -0.274. The number of aliphatic imine (C=N–C) groups is 1. The molecule has 0 amide bonds. The Kier molecular flexibility index (Phi) is 9.83. The largest absolute Gasteiger partial charge is 0.573 e. The maximum atomic E-state index is 13.8. The highest BCUT2D eigenvalue weighted by atomic mass is 32.2. The molecule has 0 saturated carbocycles. The highest BCUT2D eigenvalue weighted by Crippen LogP contribution is 2.38. The van der Waals surface area contributed by atoms with Crippen molar-refractivity contribution >= 4 is 27.9 Å². The number of unbranched alkanes of at least 4 members (excludes halogenated alkanes) is 1. The summed E-state index contributed by atoms with van der Waals surface area (Å²) in [6.07, 6.45) is -2.31. The molecular weight excluding hydrogens is 519 g/mol. The molecule has 0 aliphatic carbocycles. The topological polar surface area (TPSA) is 71.4 Å². The van der Waals surface area contributed by atoms with Crippen LogP contribution in [0.2, 0.25) is 0 Å². The molecule has 1 aliphatic heterocycles. The number of allylic oxidation sites excluding steroid dienone is 1. The number of alkyl halides is 3. The van der Waals surface area contributed by atoms with Gasteiger partial charge in [0.1, 0.15) is 11.5 Å². The second kappa shape index (κ2) is 12.7. The average molecular weight is 554 g/mol. The van der Waals surface area contributed by atoms with E-state index in [1.54, 1.807) is 12.1 Å². The molecule has 0 aromatic heterocycles. The Bertz CT molecular complexity index is 1250. The molecule has 0 N–H and O–H groups in total. The quantitative estimate of drug-likeness (QED) is 0.270. The minimum atomic E-state index is -4.91. The van der Waals surface area contributed by atoms with Gasteiger partial charge < -0.3 is 19.3 Å². The Morgan fingerprint density at radius 3 is 2.37 bits per heavy atom. The van der Waals surface area contributed by atoms with Crippen molar-refractivity contribution in [1.82, 2.24) is 9.80 Å². The number of hydrogen-bond acceptors (Lipinski definition) is 7. The number of benzene rings is 2. The van der Waals surface area contributed by atoms with Gasteiger partial charge in [0.15, 0.2) is 0 Å².